The number of rotatable bonds is 10. The van der Waals surface area contributed by atoms with Crippen LogP contribution in [-0.4, -0.2) is 25.5 Å². The maximum absolute atomic E-state index is 12.5. The van der Waals surface area contributed by atoms with Crippen molar-refractivity contribution in [1.29, 1.82) is 0 Å². The zero-order valence-electron chi connectivity index (χ0n) is 20.5. The van der Waals surface area contributed by atoms with Crippen LogP contribution in [-0.2, 0) is 9.47 Å². The van der Waals surface area contributed by atoms with Crippen LogP contribution in [0.1, 0.15) is 45.1 Å². The van der Waals surface area contributed by atoms with E-state index in [4.69, 9.17) is 18.9 Å². The molecule has 0 aliphatic carbocycles. The predicted molar refractivity (Wildman–Crippen MR) is 138 cm³/mol. The third-order valence-corrected chi connectivity index (χ3v) is 5.35. The summed E-state index contributed by atoms with van der Waals surface area (Å²) < 4.78 is 22.0. The molecule has 3 aromatic carbocycles. The summed E-state index contributed by atoms with van der Waals surface area (Å²) in [7, 11) is 0. The van der Waals surface area contributed by atoms with Crippen molar-refractivity contribution in [3.8, 4) is 11.5 Å². The van der Waals surface area contributed by atoms with Gasteiger partial charge in [-0.25, -0.2) is 9.59 Å². The van der Waals surface area contributed by atoms with E-state index in [0.717, 1.165) is 18.4 Å². The smallest absolute Gasteiger partial charge is 0.434 e. The summed E-state index contributed by atoms with van der Waals surface area (Å²) in [6.07, 6.45) is 9.50. The lowest BCUT2D eigenvalue weighted by molar-refractivity contribution is 0.0999. The Morgan fingerprint density at radius 1 is 0.686 bits per heavy atom. The quantitative estimate of drug-likeness (QED) is 0.0969. The van der Waals surface area contributed by atoms with E-state index in [0.29, 0.717) is 45.9 Å². The molecule has 0 saturated carbocycles. The molecule has 0 spiro atoms. The standard InChI is InChI=1S/C29H32O6/c1-4-6-8-12-19-32-28(30)34-26-22-16-10-11-17-23(22)27(25-21(3)15-14-18-24(25)26)35-29(31)33-20-13-9-7-5-2/h6-11,14-18H,4-5,12-13,19-20H2,1-3H3/b8-6+,9-7+. The molecule has 35 heavy (non-hydrogen) atoms. The van der Waals surface area contributed by atoms with Crippen LogP contribution in [0, 0.1) is 6.92 Å². The molecule has 0 aliphatic rings. The highest BCUT2D eigenvalue weighted by Gasteiger charge is 2.22. The van der Waals surface area contributed by atoms with Gasteiger partial charge in [-0.1, -0.05) is 80.6 Å². The lowest BCUT2D eigenvalue weighted by Crippen LogP contribution is -2.14. The van der Waals surface area contributed by atoms with E-state index >= 15 is 0 Å². The first-order valence-corrected chi connectivity index (χ1v) is 12.0. The van der Waals surface area contributed by atoms with Gasteiger partial charge in [0.15, 0.2) is 5.75 Å². The van der Waals surface area contributed by atoms with E-state index in [2.05, 4.69) is 0 Å². The Balaban J connectivity index is 1.93. The maximum atomic E-state index is 12.5. The summed E-state index contributed by atoms with van der Waals surface area (Å²) in [5.74, 6) is 0.729. The van der Waals surface area contributed by atoms with Crippen molar-refractivity contribution in [2.24, 2.45) is 0 Å². The normalized spacial score (nSPS) is 11.4. The van der Waals surface area contributed by atoms with E-state index in [1.807, 2.05) is 87.5 Å². The molecule has 184 valence electrons. The van der Waals surface area contributed by atoms with Crippen LogP contribution in [0.2, 0.25) is 0 Å². The van der Waals surface area contributed by atoms with Crippen molar-refractivity contribution in [2.75, 3.05) is 13.2 Å². The molecular weight excluding hydrogens is 444 g/mol. The molecule has 0 unspecified atom stereocenters. The molecule has 0 fully saturated rings. The van der Waals surface area contributed by atoms with Gasteiger partial charge >= 0.3 is 12.3 Å². The van der Waals surface area contributed by atoms with Crippen LogP contribution in [0.5, 0.6) is 11.5 Å². The van der Waals surface area contributed by atoms with Crippen molar-refractivity contribution < 1.29 is 28.5 Å². The van der Waals surface area contributed by atoms with Crippen molar-refractivity contribution in [1.82, 2.24) is 0 Å². The summed E-state index contributed by atoms with van der Waals surface area (Å²) in [4.78, 5) is 25.0. The molecule has 3 rings (SSSR count). The second-order valence-electron chi connectivity index (χ2n) is 7.94. The van der Waals surface area contributed by atoms with Gasteiger partial charge in [0.05, 0.1) is 13.2 Å². The Hall–Kier alpha value is -3.80. The topological polar surface area (TPSA) is 71.1 Å². The average molecular weight is 477 g/mol. The Labute approximate surface area is 206 Å². The van der Waals surface area contributed by atoms with Crippen LogP contribution in [0.15, 0.2) is 66.8 Å². The zero-order valence-corrected chi connectivity index (χ0v) is 20.5. The molecule has 0 heterocycles. The Morgan fingerprint density at radius 3 is 1.77 bits per heavy atom. The molecule has 0 N–H and O–H groups in total. The van der Waals surface area contributed by atoms with E-state index in [9.17, 15) is 9.59 Å². The van der Waals surface area contributed by atoms with Crippen LogP contribution >= 0.6 is 0 Å². The zero-order chi connectivity index (χ0) is 25.0. The number of allylic oxidation sites excluding steroid dienone is 2. The first-order valence-electron chi connectivity index (χ1n) is 12.0. The molecule has 3 aromatic rings. The molecule has 0 radical (unpaired) electrons. The van der Waals surface area contributed by atoms with E-state index in [1.165, 1.54) is 0 Å². The number of fused-ring (bicyclic) bond motifs is 2. The summed E-state index contributed by atoms with van der Waals surface area (Å²) in [5, 5.41) is 2.57. The van der Waals surface area contributed by atoms with E-state index in [1.54, 1.807) is 0 Å². The van der Waals surface area contributed by atoms with Gasteiger partial charge in [0.2, 0.25) is 0 Å². The second-order valence-corrected chi connectivity index (χ2v) is 7.94. The number of benzene rings is 3. The number of hydrogen-bond donors (Lipinski definition) is 0. The number of carbonyl (C=O) groups excluding carboxylic acids is 2. The minimum Gasteiger partial charge on any atom is -0.434 e. The molecule has 0 atom stereocenters. The Morgan fingerprint density at radius 2 is 1.20 bits per heavy atom. The molecule has 0 saturated heterocycles. The number of carbonyl (C=O) groups is 2. The van der Waals surface area contributed by atoms with Crippen molar-refractivity contribution in [3.05, 3.63) is 72.3 Å². The van der Waals surface area contributed by atoms with E-state index in [-0.39, 0.29) is 13.2 Å². The second kappa shape index (κ2) is 13.2. The van der Waals surface area contributed by atoms with Gasteiger partial charge in [-0.05, 0) is 38.2 Å². The summed E-state index contributed by atoms with van der Waals surface area (Å²) in [5.41, 5.74) is 0.866. The minimum absolute atomic E-state index is 0.227. The molecule has 0 aliphatic heterocycles. The number of aryl methyl sites for hydroxylation is 1. The van der Waals surface area contributed by atoms with Gasteiger partial charge in [0.25, 0.3) is 0 Å². The van der Waals surface area contributed by atoms with E-state index < -0.39 is 12.3 Å². The predicted octanol–water partition coefficient (Wildman–Crippen LogP) is 8.04. The SMILES string of the molecule is CC/C=C/CCOC(=O)Oc1c2ccccc2c(OC(=O)OCC/C=C/CC)c2c(C)cccc12. The van der Waals surface area contributed by atoms with Gasteiger partial charge in [-0.2, -0.15) is 0 Å². The number of hydrogen-bond acceptors (Lipinski definition) is 6. The van der Waals surface area contributed by atoms with Crippen molar-refractivity contribution >= 4 is 33.9 Å². The van der Waals surface area contributed by atoms with Gasteiger partial charge in [0, 0.05) is 21.5 Å². The summed E-state index contributed by atoms with van der Waals surface area (Å²) in [6, 6.07) is 12.9. The summed E-state index contributed by atoms with van der Waals surface area (Å²) >= 11 is 0. The third kappa shape index (κ3) is 6.85. The average Bonchev–Trinajstić information content (AvgIpc) is 2.85. The highest BCUT2D eigenvalue weighted by Crippen LogP contribution is 2.44. The van der Waals surface area contributed by atoms with Crippen LogP contribution in [0.4, 0.5) is 9.59 Å². The highest BCUT2D eigenvalue weighted by atomic mass is 16.7. The molecule has 6 nitrogen and oxygen atoms in total. The largest absolute Gasteiger partial charge is 0.513 e. The van der Waals surface area contributed by atoms with Gasteiger partial charge < -0.3 is 18.9 Å². The van der Waals surface area contributed by atoms with Crippen molar-refractivity contribution in [2.45, 2.75) is 46.5 Å². The monoisotopic (exact) mass is 476 g/mol. The first-order chi connectivity index (χ1) is 17.1. The van der Waals surface area contributed by atoms with Crippen molar-refractivity contribution in [3.63, 3.8) is 0 Å². The lowest BCUT2D eigenvalue weighted by atomic mass is 9.97. The molecule has 0 amide bonds. The van der Waals surface area contributed by atoms with Crippen LogP contribution < -0.4 is 9.47 Å². The first kappa shape index (κ1) is 25.8. The fourth-order valence-corrected chi connectivity index (χ4v) is 3.75. The van der Waals surface area contributed by atoms with Crippen LogP contribution in [0.25, 0.3) is 21.5 Å². The van der Waals surface area contributed by atoms with Gasteiger partial charge in [-0.15, -0.1) is 0 Å². The lowest BCUT2D eigenvalue weighted by Gasteiger charge is -2.17. The fraction of sp³-hybridized carbons (Fsp3) is 0.310. The van der Waals surface area contributed by atoms with Crippen LogP contribution in [0.3, 0.4) is 0 Å². The summed E-state index contributed by atoms with van der Waals surface area (Å²) in [6.45, 7) is 6.45. The minimum atomic E-state index is -0.781. The molecular formula is C29H32O6. The maximum Gasteiger partial charge on any atom is 0.513 e. The molecule has 0 bridgehead atoms. The molecule has 6 heteroatoms. The van der Waals surface area contributed by atoms with Gasteiger partial charge in [-0.3, -0.25) is 0 Å². The Bertz CT molecular complexity index is 1220. The molecule has 0 aromatic heterocycles. The van der Waals surface area contributed by atoms with Gasteiger partial charge in [0.1, 0.15) is 5.75 Å². The fourth-order valence-electron chi connectivity index (χ4n) is 3.75. The number of ether oxygens (including phenoxy) is 4. The Kier molecular flexibility index (Phi) is 9.72. The highest BCUT2D eigenvalue weighted by molar-refractivity contribution is 6.13. The third-order valence-electron chi connectivity index (χ3n) is 5.35.